The van der Waals surface area contributed by atoms with Crippen LogP contribution in [0.3, 0.4) is 0 Å². The van der Waals surface area contributed by atoms with E-state index in [4.69, 9.17) is 0 Å². The third-order valence-electron chi connectivity index (χ3n) is 8.30. The van der Waals surface area contributed by atoms with E-state index in [1.54, 1.807) is 0 Å². The first-order valence-electron chi connectivity index (χ1n) is 13.6. The molecule has 0 aromatic heterocycles. The summed E-state index contributed by atoms with van der Waals surface area (Å²) in [5, 5.41) is 13.8. The molecule has 0 bridgehead atoms. The first-order chi connectivity index (χ1) is 18.5. The van der Waals surface area contributed by atoms with Gasteiger partial charge in [0, 0.05) is 61.2 Å². The van der Waals surface area contributed by atoms with Gasteiger partial charge in [0.2, 0.25) is 0 Å². The summed E-state index contributed by atoms with van der Waals surface area (Å²) in [7, 11) is 7.91. The fourth-order valence-electron chi connectivity index (χ4n) is 5.89. The predicted octanol–water partition coefficient (Wildman–Crippen LogP) is 4.95. The van der Waals surface area contributed by atoms with Crippen molar-refractivity contribution in [2.75, 3.05) is 28.2 Å². The molecule has 4 rings (SSSR count). The number of ketones is 1. The first-order valence-corrected chi connectivity index (χ1v) is 13.6. The number of benzene rings is 2. The molecule has 4 atom stereocenters. The maximum Gasteiger partial charge on any atom is 0.147 e. The maximum atomic E-state index is 14.8. The molecule has 2 aromatic rings. The first kappa shape index (κ1) is 27.6. The molecule has 2 aliphatic carbocycles. The van der Waals surface area contributed by atoms with E-state index in [-0.39, 0.29) is 28.7 Å². The van der Waals surface area contributed by atoms with Gasteiger partial charge in [-0.15, -0.1) is 0 Å². The molecule has 4 N–H and O–H groups in total. The van der Waals surface area contributed by atoms with Crippen LogP contribution in [0.15, 0.2) is 109 Å². The highest BCUT2D eigenvalue weighted by molar-refractivity contribution is 5.92. The maximum absolute atomic E-state index is 14.8. The van der Waals surface area contributed by atoms with Gasteiger partial charge < -0.3 is 21.3 Å². The third-order valence-corrected chi connectivity index (χ3v) is 8.30. The van der Waals surface area contributed by atoms with Crippen LogP contribution in [0, 0.1) is 0 Å². The number of likely N-dealkylation sites (N-methyl/N-ethyl adjacent to an activating group) is 2. The zero-order chi connectivity index (χ0) is 27.0. The summed E-state index contributed by atoms with van der Waals surface area (Å²) in [6.07, 6.45) is 15.8. The average molecular weight is 511 g/mol. The molecule has 200 valence electrons. The van der Waals surface area contributed by atoms with E-state index in [0.29, 0.717) is 12.8 Å². The SMILES string of the molecule is CNC1=CC=CC(CC(C(=O)C(CC2(NC)C=CC=C(NC)C2)c2ccccc2)c2ccccc2)(NC)C1. The number of carbonyl (C=O) groups excluding carboxylic acids is 1. The van der Waals surface area contributed by atoms with Crippen molar-refractivity contribution in [3.05, 3.63) is 120 Å². The zero-order valence-electron chi connectivity index (χ0n) is 23.1. The van der Waals surface area contributed by atoms with Crippen LogP contribution in [0.2, 0.25) is 0 Å². The summed E-state index contributed by atoms with van der Waals surface area (Å²) in [6, 6.07) is 20.6. The van der Waals surface area contributed by atoms with E-state index in [1.807, 2.05) is 64.6 Å². The van der Waals surface area contributed by atoms with Crippen molar-refractivity contribution >= 4 is 5.78 Å². The third kappa shape index (κ3) is 6.17. The lowest BCUT2D eigenvalue weighted by Crippen LogP contribution is -2.48. The Labute approximate surface area is 228 Å². The van der Waals surface area contributed by atoms with Gasteiger partial charge in [0.15, 0.2) is 0 Å². The van der Waals surface area contributed by atoms with Crippen LogP contribution in [-0.2, 0) is 4.79 Å². The summed E-state index contributed by atoms with van der Waals surface area (Å²) >= 11 is 0. The van der Waals surface area contributed by atoms with Crippen LogP contribution < -0.4 is 21.3 Å². The van der Waals surface area contributed by atoms with Crippen molar-refractivity contribution < 1.29 is 4.79 Å². The molecular formula is C33H42N4O. The van der Waals surface area contributed by atoms with Crippen LogP contribution in [0.5, 0.6) is 0 Å². The van der Waals surface area contributed by atoms with Gasteiger partial charge in [0.1, 0.15) is 5.78 Å². The number of hydrogen-bond acceptors (Lipinski definition) is 5. The monoisotopic (exact) mass is 510 g/mol. The highest BCUT2D eigenvalue weighted by Crippen LogP contribution is 2.40. The fourth-order valence-corrected chi connectivity index (χ4v) is 5.89. The Balaban J connectivity index is 1.74. The lowest BCUT2D eigenvalue weighted by molar-refractivity contribution is -0.123. The van der Waals surface area contributed by atoms with Crippen LogP contribution in [0.1, 0.15) is 48.6 Å². The summed E-state index contributed by atoms with van der Waals surface area (Å²) in [5.74, 6) is -0.277. The van der Waals surface area contributed by atoms with Gasteiger partial charge in [0.25, 0.3) is 0 Å². The van der Waals surface area contributed by atoms with Crippen molar-refractivity contribution in [2.45, 2.75) is 48.6 Å². The van der Waals surface area contributed by atoms with Gasteiger partial charge in [0.05, 0.1) is 0 Å². The van der Waals surface area contributed by atoms with Gasteiger partial charge in [-0.1, -0.05) is 85.0 Å². The molecule has 0 radical (unpaired) electrons. The number of rotatable bonds is 12. The Morgan fingerprint density at radius 2 is 1.08 bits per heavy atom. The smallest absolute Gasteiger partial charge is 0.147 e. The Bertz CT molecular complexity index is 1110. The quantitative estimate of drug-likeness (QED) is 0.326. The lowest BCUT2D eigenvalue weighted by Gasteiger charge is -2.39. The number of allylic oxidation sites excluding steroid dienone is 4. The van der Waals surface area contributed by atoms with E-state index < -0.39 is 0 Å². The molecule has 0 amide bonds. The highest BCUT2D eigenvalue weighted by Gasteiger charge is 2.41. The van der Waals surface area contributed by atoms with Crippen LogP contribution in [-0.4, -0.2) is 45.1 Å². The molecule has 5 nitrogen and oxygen atoms in total. The minimum atomic E-state index is -0.321. The Kier molecular flexibility index (Phi) is 9.03. The molecule has 0 spiro atoms. The molecule has 0 saturated heterocycles. The number of carbonyl (C=O) groups is 1. The van der Waals surface area contributed by atoms with Crippen molar-refractivity contribution in [1.29, 1.82) is 0 Å². The number of nitrogens with one attached hydrogen (secondary N) is 4. The topological polar surface area (TPSA) is 65.2 Å². The van der Waals surface area contributed by atoms with Crippen LogP contribution in [0.4, 0.5) is 0 Å². The van der Waals surface area contributed by atoms with Gasteiger partial charge in [-0.2, -0.15) is 0 Å². The predicted molar refractivity (Wildman–Crippen MR) is 158 cm³/mol. The summed E-state index contributed by atoms with van der Waals surface area (Å²) in [4.78, 5) is 14.8. The molecule has 4 unspecified atom stereocenters. The van der Waals surface area contributed by atoms with Crippen LogP contribution >= 0.6 is 0 Å². The van der Waals surface area contributed by atoms with Crippen molar-refractivity contribution in [3.63, 3.8) is 0 Å². The average Bonchev–Trinajstić information content (AvgIpc) is 2.99. The fraction of sp³-hybridized carbons (Fsp3) is 0.364. The standard InChI is InChI=1S/C33H42N4O/c1-34-27-17-11-19-32(21-27,36-3)23-29(25-13-7-5-8-14-25)31(38)30(26-15-9-6-10-16-26)24-33(37-4)20-12-18-28(22-33)35-2/h5-20,29-30,34-37H,21-24H2,1-4H3. The van der Waals surface area contributed by atoms with Crippen molar-refractivity contribution in [3.8, 4) is 0 Å². The van der Waals surface area contributed by atoms with E-state index in [1.165, 1.54) is 0 Å². The molecule has 0 aliphatic heterocycles. The van der Waals surface area contributed by atoms with Gasteiger partial charge in [-0.05, 0) is 50.2 Å². The molecule has 0 heterocycles. The minimum Gasteiger partial charge on any atom is -0.391 e. The van der Waals surface area contributed by atoms with Crippen LogP contribution in [0.25, 0.3) is 0 Å². The second-order valence-corrected chi connectivity index (χ2v) is 10.5. The summed E-state index contributed by atoms with van der Waals surface area (Å²) in [6.45, 7) is 0. The lowest BCUT2D eigenvalue weighted by atomic mass is 9.70. The van der Waals surface area contributed by atoms with E-state index in [9.17, 15) is 4.79 Å². The van der Waals surface area contributed by atoms with E-state index in [2.05, 4.69) is 82.0 Å². The largest absolute Gasteiger partial charge is 0.391 e. The molecule has 38 heavy (non-hydrogen) atoms. The summed E-state index contributed by atoms with van der Waals surface area (Å²) < 4.78 is 0. The van der Waals surface area contributed by atoms with E-state index >= 15 is 0 Å². The Morgan fingerprint density at radius 1 is 0.684 bits per heavy atom. The highest BCUT2D eigenvalue weighted by atomic mass is 16.1. The molecule has 2 aromatic carbocycles. The number of Topliss-reactive ketones (excluding diaryl/α,β-unsaturated/α-hetero) is 1. The van der Waals surface area contributed by atoms with E-state index in [0.717, 1.165) is 35.4 Å². The number of hydrogen-bond donors (Lipinski definition) is 4. The molecule has 0 saturated carbocycles. The summed E-state index contributed by atoms with van der Waals surface area (Å²) in [5.41, 5.74) is 3.81. The van der Waals surface area contributed by atoms with Gasteiger partial charge in [-0.3, -0.25) is 4.79 Å². The molecule has 5 heteroatoms. The zero-order valence-corrected chi connectivity index (χ0v) is 23.1. The van der Waals surface area contributed by atoms with Crippen molar-refractivity contribution in [1.82, 2.24) is 21.3 Å². The minimum absolute atomic E-state index is 0.259. The van der Waals surface area contributed by atoms with Gasteiger partial charge >= 0.3 is 0 Å². The Hall–Kier alpha value is -3.41. The van der Waals surface area contributed by atoms with Crippen molar-refractivity contribution in [2.24, 2.45) is 0 Å². The molecule has 0 fully saturated rings. The second-order valence-electron chi connectivity index (χ2n) is 10.5. The van der Waals surface area contributed by atoms with Gasteiger partial charge in [-0.25, -0.2) is 0 Å². The molecule has 2 aliphatic rings. The second kappa shape index (κ2) is 12.4. The normalized spacial score (nSPS) is 24.2. The molecular weight excluding hydrogens is 468 g/mol. The Morgan fingerprint density at radius 3 is 1.42 bits per heavy atom.